The first-order chi connectivity index (χ1) is 6.43. The van der Waals surface area contributed by atoms with Gasteiger partial charge in [0.25, 0.3) is 0 Å². The van der Waals surface area contributed by atoms with Gasteiger partial charge in [-0.15, -0.1) is 0 Å². The minimum atomic E-state index is -0.514. The lowest BCUT2D eigenvalue weighted by Crippen LogP contribution is -2.32. The lowest BCUT2D eigenvalue weighted by atomic mass is 9.77. The zero-order chi connectivity index (χ0) is 10.8. The predicted molar refractivity (Wildman–Crippen MR) is 61.1 cm³/mol. The number of hydrogen-bond donors (Lipinski definition) is 1. The Morgan fingerprint density at radius 3 is 2.36 bits per heavy atom. The fourth-order valence-electron chi connectivity index (χ4n) is 2.33. The van der Waals surface area contributed by atoms with Crippen molar-refractivity contribution < 1.29 is 5.11 Å². The monoisotopic (exact) mass is 196 g/mol. The third-order valence-corrected chi connectivity index (χ3v) is 3.18. The van der Waals surface area contributed by atoms with Crippen molar-refractivity contribution in [1.29, 1.82) is 0 Å². The molecule has 0 radical (unpaired) electrons. The molecule has 1 aliphatic carbocycles. The van der Waals surface area contributed by atoms with Crippen LogP contribution in [0.4, 0.5) is 0 Å². The van der Waals surface area contributed by atoms with Gasteiger partial charge in [-0.3, -0.25) is 0 Å². The molecule has 0 saturated carbocycles. The Bertz CT molecular complexity index is 205. The van der Waals surface area contributed by atoms with Crippen LogP contribution in [0.25, 0.3) is 0 Å². The van der Waals surface area contributed by atoms with Crippen molar-refractivity contribution in [3.05, 3.63) is 12.2 Å². The van der Waals surface area contributed by atoms with E-state index in [9.17, 15) is 5.11 Å². The molecule has 82 valence electrons. The van der Waals surface area contributed by atoms with Gasteiger partial charge in [-0.2, -0.15) is 0 Å². The third-order valence-electron chi connectivity index (χ3n) is 3.18. The van der Waals surface area contributed by atoms with Crippen molar-refractivity contribution in [2.75, 3.05) is 0 Å². The van der Waals surface area contributed by atoms with E-state index >= 15 is 0 Å². The van der Waals surface area contributed by atoms with Crippen LogP contribution in [-0.2, 0) is 0 Å². The molecular formula is C13H24O. The fourth-order valence-corrected chi connectivity index (χ4v) is 2.33. The minimum Gasteiger partial charge on any atom is -0.386 e. The summed E-state index contributed by atoms with van der Waals surface area (Å²) < 4.78 is 0. The lowest BCUT2D eigenvalue weighted by molar-refractivity contribution is 0.0450. The average molecular weight is 196 g/mol. The maximum absolute atomic E-state index is 10.3. The van der Waals surface area contributed by atoms with Gasteiger partial charge in [-0.05, 0) is 37.0 Å². The van der Waals surface area contributed by atoms with Gasteiger partial charge in [0.1, 0.15) is 0 Å². The van der Waals surface area contributed by atoms with E-state index in [1.54, 1.807) is 0 Å². The minimum absolute atomic E-state index is 0.514. The lowest BCUT2D eigenvalue weighted by Gasteiger charge is -2.33. The van der Waals surface area contributed by atoms with E-state index in [1.165, 1.54) is 0 Å². The van der Waals surface area contributed by atoms with Crippen LogP contribution in [0.15, 0.2) is 12.2 Å². The van der Waals surface area contributed by atoms with Crippen molar-refractivity contribution in [3.63, 3.8) is 0 Å². The van der Waals surface area contributed by atoms with Crippen molar-refractivity contribution in [1.82, 2.24) is 0 Å². The molecule has 0 saturated heterocycles. The average Bonchev–Trinajstić information content (AvgIpc) is 2.02. The van der Waals surface area contributed by atoms with Gasteiger partial charge < -0.3 is 5.11 Å². The molecule has 0 aromatic heterocycles. The van der Waals surface area contributed by atoms with Gasteiger partial charge in [-0.25, -0.2) is 0 Å². The van der Waals surface area contributed by atoms with E-state index in [4.69, 9.17) is 0 Å². The number of hydrogen-bond acceptors (Lipinski definition) is 1. The Balaban J connectivity index is 2.57. The normalized spacial score (nSPS) is 32.9. The highest BCUT2D eigenvalue weighted by molar-refractivity contribution is 5.08. The molecule has 0 spiro atoms. The summed E-state index contributed by atoms with van der Waals surface area (Å²) in [5.74, 6) is 1.94. The fraction of sp³-hybridized carbons (Fsp3) is 0.846. The van der Waals surface area contributed by atoms with Crippen molar-refractivity contribution >= 4 is 0 Å². The van der Waals surface area contributed by atoms with Crippen molar-refractivity contribution in [3.8, 4) is 0 Å². The molecule has 1 N–H and O–H groups in total. The van der Waals surface area contributed by atoms with Gasteiger partial charge in [-0.1, -0.05) is 39.8 Å². The molecule has 14 heavy (non-hydrogen) atoms. The van der Waals surface area contributed by atoms with E-state index in [0.717, 1.165) is 19.3 Å². The van der Waals surface area contributed by atoms with Crippen molar-refractivity contribution in [2.45, 2.75) is 52.6 Å². The Morgan fingerprint density at radius 1 is 1.36 bits per heavy atom. The van der Waals surface area contributed by atoms with Gasteiger partial charge >= 0.3 is 0 Å². The molecule has 0 bridgehead atoms. The molecule has 0 aromatic rings. The predicted octanol–water partition coefficient (Wildman–Crippen LogP) is 3.39. The second kappa shape index (κ2) is 4.48. The second-order valence-corrected chi connectivity index (χ2v) is 5.51. The summed E-state index contributed by atoms with van der Waals surface area (Å²) in [6, 6.07) is 0. The SMILES string of the molecule is CC(C)CC1(O)C=CC(C(C)C)CC1. The standard InChI is InChI=1S/C13H24O/c1-10(2)9-13(14)7-5-12(6-8-13)11(3)4/h5,7,10-12,14H,6,8-9H2,1-4H3. The summed E-state index contributed by atoms with van der Waals surface area (Å²) >= 11 is 0. The van der Waals surface area contributed by atoms with Crippen molar-refractivity contribution in [2.24, 2.45) is 17.8 Å². The highest BCUT2D eigenvalue weighted by atomic mass is 16.3. The van der Waals surface area contributed by atoms with Gasteiger partial charge in [0, 0.05) is 0 Å². The molecule has 0 fully saturated rings. The van der Waals surface area contributed by atoms with E-state index in [-0.39, 0.29) is 0 Å². The molecule has 0 aromatic carbocycles. The second-order valence-electron chi connectivity index (χ2n) is 5.51. The van der Waals surface area contributed by atoms with Crippen LogP contribution in [-0.4, -0.2) is 10.7 Å². The summed E-state index contributed by atoms with van der Waals surface area (Å²) in [7, 11) is 0. The first kappa shape index (κ1) is 11.8. The zero-order valence-corrected chi connectivity index (χ0v) is 9.96. The molecule has 1 rings (SSSR count). The summed E-state index contributed by atoms with van der Waals surface area (Å²) in [5, 5.41) is 10.3. The van der Waals surface area contributed by atoms with Gasteiger partial charge in [0.15, 0.2) is 0 Å². The summed E-state index contributed by atoms with van der Waals surface area (Å²) in [4.78, 5) is 0. The van der Waals surface area contributed by atoms with Crippen LogP contribution in [0.5, 0.6) is 0 Å². The summed E-state index contributed by atoms with van der Waals surface area (Å²) in [6.45, 7) is 8.84. The molecule has 0 amide bonds. The Hall–Kier alpha value is -0.300. The summed E-state index contributed by atoms with van der Waals surface area (Å²) in [6.07, 6.45) is 7.23. The van der Waals surface area contributed by atoms with Crippen LogP contribution < -0.4 is 0 Å². The first-order valence-electron chi connectivity index (χ1n) is 5.85. The highest BCUT2D eigenvalue weighted by Gasteiger charge is 2.29. The number of allylic oxidation sites excluding steroid dienone is 1. The number of rotatable bonds is 3. The summed E-state index contributed by atoms with van der Waals surface area (Å²) in [5.41, 5.74) is -0.514. The maximum Gasteiger partial charge on any atom is 0.0830 e. The first-order valence-corrected chi connectivity index (χ1v) is 5.85. The molecule has 0 aliphatic heterocycles. The van der Waals surface area contributed by atoms with E-state index in [0.29, 0.717) is 17.8 Å². The third kappa shape index (κ3) is 3.13. The van der Waals surface area contributed by atoms with E-state index in [2.05, 4.69) is 33.8 Å². The smallest absolute Gasteiger partial charge is 0.0830 e. The van der Waals surface area contributed by atoms with E-state index < -0.39 is 5.60 Å². The highest BCUT2D eigenvalue weighted by Crippen LogP contribution is 2.33. The van der Waals surface area contributed by atoms with Crippen LogP contribution in [0.3, 0.4) is 0 Å². The molecule has 1 aliphatic rings. The molecule has 0 heterocycles. The molecular weight excluding hydrogens is 172 g/mol. The Labute approximate surface area is 88.2 Å². The van der Waals surface area contributed by atoms with Gasteiger partial charge in [0.2, 0.25) is 0 Å². The molecule has 1 nitrogen and oxygen atoms in total. The molecule has 1 heteroatoms. The van der Waals surface area contributed by atoms with Crippen LogP contribution in [0.1, 0.15) is 47.0 Å². The van der Waals surface area contributed by atoms with Crippen LogP contribution in [0, 0.1) is 17.8 Å². The van der Waals surface area contributed by atoms with Crippen LogP contribution >= 0.6 is 0 Å². The Kier molecular flexibility index (Phi) is 3.77. The molecule has 2 unspecified atom stereocenters. The van der Waals surface area contributed by atoms with Crippen LogP contribution in [0.2, 0.25) is 0 Å². The largest absolute Gasteiger partial charge is 0.386 e. The van der Waals surface area contributed by atoms with Gasteiger partial charge in [0.05, 0.1) is 5.60 Å². The zero-order valence-electron chi connectivity index (χ0n) is 9.96. The molecule has 2 atom stereocenters. The topological polar surface area (TPSA) is 20.2 Å². The van der Waals surface area contributed by atoms with E-state index in [1.807, 2.05) is 6.08 Å². The maximum atomic E-state index is 10.3. The number of aliphatic hydroxyl groups is 1. The Morgan fingerprint density at radius 2 is 2.00 bits per heavy atom. The quantitative estimate of drug-likeness (QED) is 0.686.